The molecule has 0 aliphatic carbocycles. The van der Waals surface area contributed by atoms with Crippen molar-refractivity contribution in [2.75, 3.05) is 12.4 Å². The van der Waals surface area contributed by atoms with Gasteiger partial charge in [0.05, 0.1) is 17.8 Å². The molecule has 5 nitrogen and oxygen atoms in total. The van der Waals surface area contributed by atoms with Gasteiger partial charge in [-0.1, -0.05) is 35.9 Å². The summed E-state index contributed by atoms with van der Waals surface area (Å²) in [6.07, 6.45) is 0. The van der Waals surface area contributed by atoms with Crippen LogP contribution in [-0.4, -0.2) is 23.2 Å². The number of methoxy groups -OCH3 is 1. The van der Waals surface area contributed by atoms with Gasteiger partial charge in [-0.15, -0.1) is 12.4 Å². The van der Waals surface area contributed by atoms with Crippen LogP contribution >= 0.6 is 24.0 Å². The molecule has 0 fully saturated rings. The Labute approximate surface area is 156 Å². The van der Waals surface area contributed by atoms with Crippen LogP contribution in [0.5, 0.6) is 5.75 Å². The second-order valence-electron chi connectivity index (χ2n) is 5.28. The number of benzene rings is 2. The zero-order chi connectivity index (χ0) is 17.3. The zero-order valence-electron chi connectivity index (χ0n) is 13.5. The van der Waals surface area contributed by atoms with Crippen LogP contribution in [0.3, 0.4) is 0 Å². The zero-order valence-corrected chi connectivity index (χ0v) is 15.1. The van der Waals surface area contributed by atoms with Crippen molar-refractivity contribution in [1.82, 2.24) is 4.98 Å². The number of ether oxygens (including phenoxy) is 1. The van der Waals surface area contributed by atoms with Crippen molar-refractivity contribution in [3.63, 3.8) is 0 Å². The maximum atomic E-state index is 11.6. The first kappa shape index (κ1) is 18.8. The molecule has 7 heteroatoms. The Hall–Kier alpha value is -2.50. The first-order chi connectivity index (χ1) is 11.5. The van der Waals surface area contributed by atoms with E-state index in [-0.39, 0.29) is 23.8 Å². The number of anilines is 2. The van der Waals surface area contributed by atoms with E-state index in [0.29, 0.717) is 27.4 Å². The summed E-state index contributed by atoms with van der Waals surface area (Å²) in [6.45, 7) is 1.89. The largest absolute Gasteiger partial charge is 0.494 e. The number of halogens is 2. The first-order valence-corrected chi connectivity index (χ1v) is 7.62. The standard InChI is InChI=1S/C18H15ClN2O3.ClH/c1-10-5-3-7-13(19)15(10)20-17-12(18(22)23)9-11-6-4-8-14(24-2)16(11)21-17;/h3-9H,1-2H3,(H,20,21)(H,22,23);1H. The van der Waals surface area contributed by atoms with Crippen LogP contribution in [0.15, 0.2) is 42.5 Å². The molecule has 3 rings (SSSR count). The van der Waals surface area contributed by atoms with Gasteiger partial charge in [0, 0.05) is 5.39 Å². The Bertz CT molecular complexity index is 925. The number of nitrogens with one attached hydrogen (secondary N) is 1. The minimum absolute atomic E-state index is 0. The Morgan fingerprint density at radius 3 is 2.60 bits per heavy atom. The summed E-state index contributed by atoms with van der Waals surface area (Å²) >= 11 is 6.23. The molecule has 2 aromatic carbocycles. The van der Waals surface area contributed by atoms with Crippen molar-refractivity contribution in [1.29, 1.82) is 0 Å². The fraction of sp³-hybridized carbons (Fsp3) is 0.111. The number of aromatic nitrogens is 1. The highest BCUT2D eigenvalue weighted by molar-refractivity contribution is 6.33. The van der Waals surface area contributed by atoms with E-state index in [1.165, 1.54) is 0 Å². The predicted molar refractivity (Wildman–Crippen MR) is 102 cm³/mol. The molecule has 0 spiro atoms. The summed E-state index contributed by atoms with van der Waals surface area (Å²) in [5.41, 5.74) is 2.16. The first-order valence-electron chi connectivity index (χ1n) is 7.24. The maximum Gasteiger partial charge on any atom is 0.339 e. The number of aromatic carboxylic acids is 1. The second kappa shape index (κ2) is 7.59. The lowest BCUT2D eigenvalue weighted by Gasteiger charge is -2.14. The van der Waals surface area contributed by atoms with E-state index in [0.717, 1.165) is 5.56 Å². The van der Waals surface area contributed by atoms with Gasteiger partial charge in [0.2, 0.25) is 0 Å². The van der Waals surface area contributed by atoms with Gasteiger partial charge in [-0.25, -0.2) is 9.78 Å². The Morgan fingerprint density at radius 2 is 1.96 bits per heavy atom. The number of carboxylic acids is 1. The van der Waals surface area contributed by atoms with Crippen LogP contribution in [0.2, 0.25) is 5.02 Å². The van der Waals surface area contributed by atoms with Crippen molar-refractivity contribution in [2.45, 2.75) is 6.92 Å². The van der Waals surface area contributed by atoms with Gasteiger partial charge in [-0.2, -0.15) is 0 Å². The normalized spacial score (nSPS) is 10.2. The molecule has 2 N–H and O–H groups in total. The van der Waals surface area contributed by atoms with Gasteiger partial charge >= 0.3 is 5.97 Å². The molecule has 0 unspecified atom stereocenters. The summed E-state index contributed by atoms with van der Waals surface area (Å²) in [6, 6.07) is 12.4. The van der Waals surface area contributed by atoms with Crippen molar-refractivity contribution in [2.24, 2.45) is 0 Å². The third-order valence-corrected chi connectivity index (χ3v) is 4.04. The molecule has 0 aliphatic heterocycles. The number of aryl methyl sites for hydroxylation is 1. The summed E-state index contributed by atoms with van der Waals surface area (Å²) in [4.78, 5) is 16.1. The van der Waals surface area contributed by atoms with E-state index in [1.807, 2.05) is 19.1 Å². The SMILES string of the molecule is COc1cccc2cc(C(=O)O)c(Nc3c(C)cccc3Cl)nc12.Cl. The number of nitrogens with zero attached hydrogens (tertiary/aromatic N) is 1. The highest BCUT2D eigenvalue weighted by Crippen LogP contribution is 2.32. The van der Waals surface area contributed by atoms with Crippen LogP contribution in [-0.2, 0) is 0 Å². The van der Waals surface area contributed by atoms with Crippen molar-refractivity contribution >= 4 is 52.4 Å². The van der Waals surface area contributed by atoms with Gasteiger partial charge in [-0.05, 0) is 30.7 Å². The maximum absolute atomic E-state index is 11.6. The van der Waals surface area contributed by atoms with Gasteiger partial charge in [-0.3, -0.25) is 0 Å². The summed E-state index contributed by atoms with van der Waals surface area (Å²) < 4.78 is 5.32. The summed E-state index contributed by atoms with van der Waals surface area (Å²) in [5, 5.41) is 13.8. The third-order valence-electron chi connectivity index (χ3n) is 3.72. The average Bonchev–Trinajstić information content (AvgIpc) is 2.56. The van der Waals surface area contributed by atoms with Crippen LogP contribution in [0.1, 0.15) is 15.9 Å². The van der Waals surface area contributed by atoms with E-state index in [9.17, 15) is 9.90 Å². The Morgan fingerprint density at radius 1 is 1.24 bits per heavy atom. The van der Waals surface area contributed by atoms with Gasteiger partial charge < -0.3 is 15.2 Å². The van der Waals surface area contributed by atoms with Gasteiger partial charge in [0.15, 0.2) is 0 Å². The Kier molecular flexibility index (Phi) is 5.72. The molecule has 3 aromatic rings. The van der Waals surface area contributed by atoms with Crippen molar-refractivity contribution < 1.29 is 14.6 Å². The van der Waals surface area contributed by atoms with E-state index < -0.39 is 5.97 Å². The molecule has 0 atom stereocenters. The fourth-order valence-electron chi connectivity index (χ4n) is 2.50. The minimum atomic E-state index is -1.07. The number of carbonyl (C=O) groups is 1. The molecule has 0 saturated carbocycles. The monoisotopic (exact) mass is 378 g/mol. The molecular weight excluding hydrogens is 363 g/mol. The quantitative estimate of drug-likeness (QED) is 0.662. The third kappa shape index (κ3) is 3.62. The van der Waals surface area contributed by atoms with E-state index in [4.69, 9.17) is 16.3 Å². The van der Waals surface area contributed by atoms with E-state index >= 15 is 0 Å². The summed E-state index contributed by atoms with van der Waals surface area (Å²) in [7, 11) is 1.55. The molecule has 0 radical (unpaired) electrons. The number of pyridine rings is 1. The predicted octanol–water partition coefficient (Wildman–Crippen LogP) is 5.07. The highest BCUT2D eigenvalue weighted by Gasteiger charge is 2.17. The summed E-state index contributed by atoms with van der Waals surface area (Å²) in [5.74, 6) is -0.279. The Balaban J connectivity index is 0.00000225. The van der Waals surface area contributed by atoms with Crippen molar-refractivity contribution in [3.05, 3.63) is 58.6 Å². The minimum Gasteiger partial charge on any atom is -0.494 e. The number of para-hydroxylation sites is 2. The van der Waals surface area contributed by atoms with Gasteiger partial charge in [0.1, 0.15) is 22.6 Å². The van der Waals surface area contributed by atoms with E-state index in [1.54, 1.807) is 37.4 Å². The number of fused-ring (bicyclic) bond motifs is 1. The molecule has 0 amide bonds. The molecule has 0 saturated heterocycles. The molecular formula is C18H16Cl2N2O3. The molecule has 1 heterocycles. The molecule has 25 heavy (non-hydrogen) atoms. The number of hydrogen-bond acceptors (Lipinski definition) is 4. The lowest BCUT2D eigenvalue weighted by atomic mass is 10.1. The molecule has 0 aliphatic rings. The highest BCUT2D eigenvalue weighted by atomic mass is 35.5. The molecule has 1 aromatic heterocycles. The lowest BCUT2D eigenvalue weighted by molar-refractivity contribution is 0.0698. The average molecular weight is 379 g/mol. The van der Waals surface area contributed by atoms with Crippen molar-refractivity contribution in [3.8, 4) is 5.75 Å². The smallest absolute Gasteiger partial charge is 0.339 e. The van der Waals surface area contributed by atoms with Crippen LogP contribution < -0.4 is 10.1 Å². The lowest BCUT2D eigenvalue weighted by Crippen LogP contribution is -2.06. The van der Waals surface area contributed by atoms with E-state index in [2.05, 4.69) is 10.3 Å². The number of rotatable bonds is 4. The molecule has 130 valence electrons. The fourth-order valence-corrected chi connectivity index (χ4v) is 2.77. The second-order valence-corrected chi connectivity index (χ2v) is 5.69. The van der Waals surface area contributed by atoms with Gasteiger partial charge in [0.25, 0.3) is 0 Å². The number of hydrogen-bond donors (Lipinski definition) is 2. The van der Waals surface area contributed by atoms with Crippen LogP contribution in [0, 0.1) is 6.92 Å². The number of carboxylic acid groups (broad SMARTS) is 1. The topological polar surface area (TPSA) is 71.5 Å². The van der Waals surface area contributed by atoms with Crippen LogP contribution in [0.25, 0.3) is 10.9 Å². The van der Waals surface area contributed by atoms with Crippen LogP contribution in [0.4, 0.5) is 11.5 Å². The molecule has 0 bridgehead atoms.